The van der Waals surface area contributed by atoms with Gasteiger partial charge in [0, 0.05) is 17.3 Å². The van der Waals surface area contributed by atoms with Crippen LogP contribution in [0.4, 0.5) is 0 Å². The van der Waals surface area contributed by atoms with Gasteiger partial charge in [0.15, 0.2) is 0 Å². The average molecular weight is 297 g/mol. The predicted octanol–water partition coefficient (Wildman–Crippen LogP) is 2.22. The van der Waals surface area contributed by atoms with Crippen molar-refractivity contribution in [2.45, 2.75) is 6.42 Å². The zero-order valence-corrected chi connectivity index (χ0v) is 10.3. The van der Waals surface area contributed by atoms with Gasteiger partial charge in [-0.3, -0.25) is 0 Å². The van der Waals surface area contributed by atoms with E-state index < -0.39 is 11.9 Å². The van der Waals surface area contributed by atoms with E-state index in [1.54, 1.807) is 0 Å². The molecule has 0 aliphatic carbocycles. The van der Waals surface area contributed by atoms with Crippen LogP contribution in [0.2, 0.25) is 0 Å². The highest BCUT2D eigenvalue weighted by molar-refractivity contribution is 9.09. The Morgan fingerprint density at radius 3 is 2.06 bits per heavy atom. The van der Waals surface area contributed by atoms with Crippen LogP contribution in [0, 0.1) is 11.8 Å². The molecule has 0 saturated heterocycles. The molecule has 0 unspecified atom stereocenters. The molecule has 1 rings (SSSR count). The quantitative estimate of drug-likeness (QED) is 0.662. The minimum atomic E-state index is -1.17. The number of rotatable bonds is 3. The van der Waals surface area contributed by atoms with Crippen LogP contribution in [-0.4, -0.2) is 27.5 Å². The predicted molar refractivity (Wildman–Crippen MR) is 65.6 cm³/mol. The smallest absolute Gasteiger partial charge is 0.335 e. The topological polar surface area (TPSA) is 74.6 Å². The largest absolute Gasteiger partial charge is 0.478 e. The van der Waals surface area contributed by atoms with Gasteiger partial charge in [-0.2, -0.15) is 0 Å². The van der Waals surface area contributed by atoms with Crippen molar-refractivity contribution in [1.82, 2.24) is 0 Å². The van der Waals surface area contributed by atoms with Gasteiger partial charge >= 0.3 is 11.9 Å². The standard InChI is InChI=1S/C12H9BrO4/c13-4-2-1-3-8-5-9(11(14)15)7-10(6-8)12(16)17/h5-7H,2,4H2,(H,14,15)(H,16,17). The molecule has 2 N–H and O–H groups in total. The molecule has 1 aromatic rings. The third-order valence-corrected chi connectivity index (χ3v) is 2.28. The summed E-state index contributed by atoms with van der Waals surface area (Å²) in [5.41, 5.74) is 0.240. The summed E-state index contributed by atoms with van der Waals surface area (Å²) in [6.07, 6.45) is 0.611. The van der Waals surface area contributed by atoms with E-state index in [1.807, 2.05) is 0 Å². The lowest BCUT2D eigenvalue weighted by Gasteiger charge is -1.99. The van der Waals surface area contributed by atoms with Gasteiger partial charge < -0.3 is 10.2 Å². The summed E-state index contributed by atoms with van der Waals surface area (Å²) in [7, 11) is 0. The van der Waals surface area contributed by atoms with E-state index in [9.17, 15) is 9.59 Å². The van der Waals surface area contributed by atoms with Crippen LogP contribution in [0.15, 0.2) is 18.2 Å². The molecule has 0 aromatic heterocycles. The van der Waals surface area contributed by atoms with Crippen molar-refractivity contribution in [1.29, 1.82) is 0 Å². The number of aromatic carboxylic acids is 2. The molecule has 0 spiro atoms. The van der Waals surface area contributed by atoms with Gasteiger partial charge in [-0.15, -0.1) is 0 Å². The Morgan fingerprint density at radius 2 is 1.65 bits per heavy atom. The van der Waals surface area contributed by atoms with E-state index in [-0.39, 0.29) is 11.1 Å². The number of carboxylic acids is 2. The first-order chi connectivity index (χ1) is 8.04. The second kappa shape index (κ2) is 6.06. The Bertz CT molecular complexity index is 479. The minimum absolute atomic E-state index is 0.0759. The molecule has 0 heterocycles. The molecule has 17 heavy (non-hydrogen) atoms. The van der Waals surface area contributed by atoms with Gasteiger partial charge in [0.25, 0.3) is 0 Å². The van der Waals surface area contributed by atoms with Crippen LogP contribution in [0.5, 0.6) is 0 Å². The zero-order valence-electron chi connectivity index (χ0n) is 8.74. The maximum absolute atomic E-state index is 10.8. The fourth-order valence-electron chi connectivity index (χ4n) is 1.16. The van der Waals surface area contributed by atoms with Crippen LogP contribution in [0.25, 0.3) is 0 Å². The fraction of sp³-hybridized carbons (Fsp3) is 0.167. The molecule has 0 saturated carbocycles. The van der Waals surface area contributed by atoms with Crippen LogP contribution < -0.4 is 0 Å². The minimum Gasteiger partial charge on any atom is -0.478 e. The van der Waals surface area contributed by atoms with Crippen molar-refractivity contribution in [3.63, 3.8) is 0 Å². The van der Waals surface area contributed by atoms with Crippen LogP contribution in [-0.2, 0) is 0 Å². The van der Waals surface area contributed by atoms with Gasteiger partial charge in [-0.05, 0) is 18.2 Å². The molecule has 0 amide bonds. The molecular weight excluding hydrogens is 288 g/mol. The van der Waals surface area contributed by atoms with Gasteiger partial charge in [0.05, 0.1) is 11.1 Å². The highest BCUT2D eigenvalue weighted by Crippen LogP contribution is 2.10. The number of hydrogen-bond acceptors (Lipinski definition) is 2. The fourth-order valence-corrected chi connectivity index (χ4v) is 1.36. The van der Waals surface area contributed by atoms with Crippen molar-refractivity contribution in [3.05, 3.63) is 34.9 Å². The maximum atomic E-state index is 10.8. The third kappa shape index (κ3) is 3.93. The second-order valence-electron chi connectivity index (χ2n) is 3.15. The molecular formula is C12H9BrO4. The lowest BCUT2D eigenvalue weighted by Crippen LogP contribution is -2.03. The molecule has 0 radical (unpaired) electrons. The van der Waals surface area contributed by atoms with E-state index in [4.69, 9.17) is 10.2 Å². The first-order valence-electron chi connectivity index (χ1n) is 4.71. The van der Waals surface area contributed by atoms with E-state index in [2.05, 4.69) is 27.8 Å². The molecule has 0 aliphatic heterocycles. The third-order valence-electron chi connectivity index (χ3n) is 1.88. The summed E-state index contributed by atoms with van der Waals surface area (Å²) in [5, 5.41) is 18.4. The van der Waals surface area contributed by atoms with E-state index in [0.717, 1.165) is 6.07 Å². The number of halogens is 1. The molecule has 1 aromatic carbocycles. The normalized spacial score (nSPS) is 9.24. The Morgan fingerprint density at radius 1 is 1.12 bits per heavy atom. The molecule has 0 atom stereocenters. The first kappa shape index (κ1) is 13.3. The van der Waals surface area contributed by atoms with Crippen molar-refractivity contribution >= 4 is 27.9 Å². The first-order valence-corrected chi connectivity index (χ1v) is 5.83. The van der Waals surface area contributed by atoms with Gasteiger partial charge in [-0.1, -0.05) is 27.8 Å². The van der Waals surface area contributed by atoms with Crippen molar-refractivity contribution in [3.8, 4) is 11.8 Å². The number of hydrogen-bond donors (Lipinski definition) is 2. The Hall–Kier alpha value is -1.80. The summed E-state index contributed by atoms with van der Waals surface area (Å²) in [5.74, 6) is 3.19. The van der Waals surface area contributed by atoms with Gasteiger partial charge in [-0.25, -0.2) is 9.59 Å². The second-order valence-corrected chi connectivity index (χ2v) is 3.94. The van der Waals surface area contributed by atoms with Crippen LogP contribution in [0.3, 0.4) is 0 Å². The highest BCUT2D eigenvalue weighted by atomic mass is 79.9. The number of benzene rings is 1. The van der Waals surface area contributed by atoms with E-state index >= 15 is 0 Å². The molecule has 0 aliphatic rings. The Labute approximate surface area is 106 Å². The number of alkyl halides is 1. The lowest BCUT2D eigenvalue weighted by atomic mass is 10.1. The molecule has 0 bridgehead atoms. The van der Waals surface area contributed by atoms with E-state index in [1.165, 1.54) is 12.1 Å². The SMILES string of the molecule is O=C(O)c1cc(C#CCCBr)cc(C(=O)O)c1. The maximum Gasteiger partial charge on any atom is 0.335 e. The molecule has 5 heteroatoms. The van der Waals surface area contributed by atoms with Crippen LogP contribution in [0.1, 0.15) is 32.7 Å². The summed E-state index contributed by atoms with van der Waals surface area (Å²) >= 11 is 3.21. The number of carbonyl (C=O) groups is 2. The van der Waals surface area contributed by atoms with Gasteiger partial charge in [0.2, 0.25) is 0 Å². The lowest BCUT2D eigenvalue weighted by molar-refractivity contribution is 0.0696. The van der Waals surface area contributed by atoms with Crippen molar-refractivity contribution < 1.29 is 19.8 Å². The monoisotopic (exact) mass is 296 g/mol. The number of carboxylic acid groups (broad SMARTS) is 2. The van der Waals surface area contributed by atoms with Crippen molar-refractivity contribution in [2.24, 2.45) is 0 Å². The summed E-state index contributed by atoms with van der Waals surface area (Å²) in [6.45, 7) is 0. The highest BCUT2D eigenvalue weighted by Gasteiger charge is 2.10. The summed E-state index contributed by atoms with van der Waals surface area (Å²) < 4.78 is 0. The average Bonchev–Trinajstić information content (AvgIpc) is 2.29. The Balaban J connectivity index is 3.18. The van der Waals surface area contributed by atoms with Gasteiger partial charge in [0.1, 0.15) is 0 Å². The Kier molecular flexibility index (Phi) is 4.73. The summed E-state index contributed by atoms with van der Waals surface area (Å²) in [4.78, 5) is 21.6. The van der Waals surface area contributed by atoms with Crippen LogP contribution >= 0.6 is 15.9 Å². The van der Waals surface area contributed by atoms with Crippen molar-refractivity contribution in [2.75, 3.05) is 5.33 Å². The molecule has 88 valence electrons. The molecule has 0 fully saturated rings. The van der Waals surface area contributed by atoms with E-state index in [0.29, 0.717) is 17.3 Å². The zero-order chi connectivity index (χ0) is 12.8. The summed E-state index contributed by atoms with van der Waals surface area (Å²) in [6, 6.07) is 3.83. The molecule has 4 nitrogen and oxygen atoms in total.